The van der Waals surface area contributed by atoms with Gasteiger partial charge in [-0.15, -0.1) is 5.54 Å². The molecule has 0 radical (unpaired) electrons. The first-order valence-electron chi connectivity index (χ1n) is 5.31. The topological polar surface area (TPSA) is 22.1 Å². The fraction of sp³-hybridized carbons (Fsp3) is 0.417. The number of fused-ring (bicyclic) bond motifs is 1. The Kier molecular flexibility index (Phi) is 2.96. The second-order valence-electron chi connectivity index (χ2n) is 4.87. The molecule has 0 saturated heterocycles. The average molecular weight is 252 g/mol. The molecule has 0 aliphatic carbocycles. The molecule has 0 amide bonds. The van der Waals surface area contributed by atoms with E-state index in [0.717, 1.165) is 17.7 Å². The molecular weight excluding hydrogens is 238 g/mol. The fourth-order valence-corrected chi connectivity index (χ4v) is 2.23. The van der Waals surface area contributed by atoms with Crippen molar-refractivity contribution >= 4 is 19.7 Å². The van der Waals surface area contributed by atoms with Crippen molar-refractivity contribution in [2.45, 2.75) is 26.1 Å². The average Bonchev–Trinajstić information content (AvgIpc) is 2.62. The van der Waals surface area contributed by atoms with Crippen LogP contribution in [0.2, 0.25) is 24.8 Å². The zero-order valence-corrected chi connectivity index (χ0v) is 11.5. The Morgan fingerprint density at radius 1 is 1.44 bits per heavy atom. The van der Waals surface area contributed by atoms with Crippen LogP contribution in [-0.4, -0.2) is 19.7 Å². The van der Waals surface area contributed by atoms with Gasteiger partial charge in [0.25, 0.3) is 0 Å². The SMILES string of the molecule is C[Si](C)(C)C#Cc1cc2c(c(Cl)n1)CCO2. The van der Waals surface area contributed by atoms with Gasteiger partial charge in [0.15, 0.2) is 0 Å². The van der Waals surface area contributed by atoms with Crippen LogP contribution in [0.4, 0.5) is 0 Å². The van der Waals surface area contributed by atoms with Crippen molar-refractivity contribution in [3.8, 4) is 17.2 Å². The number of pyridine rings is 1. The number of halogens is 1. The highest BCUT2D eigenvalue weighted by Gasteiger charge is 2.17. The standard InChI is InChI=1S/C12H14ClNOSi/c1-16(2,3)7-5-9-8-11-10(4-6-15-11)12(13)14-9/h8H,4,6H2,1-3H3. The van der Waals surface area contributed by atoms with Crippen LogP contribution in [0.25, 0.3) is 0 Å². The summed E-state index contributed by atoms with van der Waals surface area (Å²) in [6, 6.07) is 1.89. The van der Waals surface area contributed by atoms with Crippen LogP contribution in [0.5, 0.6) is 5.75 Å². The zero-order chi connectivity index (χ0) is 11.8. The first kappa shape index (κ1) is 11.5. The van der Waals surface area contributed by atoms with Gasteiger partial charge in [-0.25, -0.2) is 4.98 Å². The van der Waals surface area contributed by atoms with E-state index in [1.165, 1.54) is 0 Å². The third kappa shape index (κ3) is 2.58. The third-order valence-corrected chi connectivity index (χ3v) is 3.40. The smallest absolute Gasteiger partial charge is 0.137 e. The first-order chi connectivity index (χ1) is 7.46. The Morgan fingerprint density at radius 3 is 2.88 bits per heavy atom. The van der Waals surface area contributed by atoms with E-state index in [1.807, 2.05) is 6.07 Å². The third-order valence-electron chi connectivity index (χ3n) is 2.21. The van der Waals surface area contributed by atoms with Gasteiger partial charge >= 0.3 is 0 Å². The highest BCUT2D eigenvalue weighted by molar-refractivity contribution is 6.83. The van der Waals surface area contributed by atoms with Gasteiger partial charge in [-0.2, -0.15) is 0 Å². The number of hydrogen-bond donors (Lipinski definition) is 0. The number of hydrogen-bond acceptors (Lipinski definition) is 2. The predicted octanol–water partition coefficient (Wildman–Crippen LogP) is 2.90. The summed E-state index contributed by atoms with van der Waals surface area (Å²) in [7, 11) is -1.37. The minimum Gasteiger partial charge on any atom is -0.493 e. The molecule has 1 aliphatic heterocycles. The van der Waals surface area contributed by atoms with Crippen molar-refractivity contribution in [2.24, 2.45) is 0 Å². The van der Waals surface area contributed by atoms with Crippen LogP contribution in [0, 0.1) is 11.5 Å². The maximum atomic E-state index is 6.08. The maximum Gasteiger partial charge on any atom is 0.137 e. The zero-order valence-electron chi connectivity index (χ0n) is 9.72. The monoisotopic (exact) mass is 251 g/mol. The molecular formula is C12H14ClNOSi. The van der Waals surface area contributed by atoms with Gasteiger partial charge in [0.1, 0.15) is 24.7 Å². The first-order valence-corrected chi connectivity index (χ1v) is 9.19. The molecule has 0 spiro atoms. The molecule has 1 aromatic heterocycles. The second kappa shape index (κ2) is 4.12. The fourth-order valence-electron chi connectivity index (χ4n) is 1.45. The lowest BCUT2D eigenvalue weighted by molar-refractivity contribution is 0.356. The summed E-state index contributed by atoms with van der Waals surface area (Å²) in [6.07, 6.45) is 0.850. The van der Waals surface area contributed by atoms with E-state index >= 15 is 0 Å². The predicted molar refractivity (Wildman–Crippen MR) is 68.7 cm³/mol. The van der Waals surface area contributed by atoms with Gasteiger partial charge in [-0.3, -0.25) is 0 Å². The van der Waals surface area contributed by atoms with E-state index in [9.17, 15) is 0 Å². The molecule has 0 atom stereocenters. The van der Waals surface area contributed by atoms with Gasteiger partial charge in [0.2, 0.25) is 0 Å². The minimum atomic E-state index is -1.37. The van der Waals surface area contributed by atoms with E-state index in [-0.39, 0.29) is 0 Å². The van der Waals surface area contributed by atoms with Crippen molar-refractivity contribution in [2.75, 3.05) is 6.61 Å². The summed E-state index contributed by atoms with van der Waals surface area (Å²) < 4.78 is 5.47. The van der Waals surface area contributed by atoms with Crippen molar-refractivity contribution in [1.29, 1.82) is 0 Å². The second-order valence-corrected chi connectivity index (χ2v) is 9.98. The highest BCUT2D eigenvalue weighted by Crippen LogP contribution is 2.30. The van der Waals surface area contributed by atoms with Crippen molar-refractivity contribution < 1.29 is 4.74 Å². The van der Waals surface area contributed by atoms with E-state index in [4.69, 9.17) is 16.3 Å². The van der Waals surface area contributed by atoms with Gasteiger partial charge in [-0.1, -0.05) is 37.2 Å². The van der Waals surface area contributed by atoms with Crippen LogP contribution in [0.15, 0.2) is 6.07 Å². The lowest BCUT2D eigenvalue weighted by Gasteiger charge is -2.04. The summed E-state index contributed by atoms with van der Waals surface area (Å²) in [4.78, 5) is 4.28. The Balaban J connectivity index is 2.37. The Bertz CT molecular complexity index is 482. The summed E-state index contributed by atoms with van der Waals surface area (Å²) >= 11 is 6.08. The molecule has 0 bridgehead atoms. The van der Waals surface area contributed by atoms with Crippen LogP contribution in [0.3, 0.4) is 0 Å². The number of rotatable bonds is 0. The van der Waals surface area contributed by atoms with Gasteiger partial charge < -0.3 is 4.74 Å². The molecule has 84 valence electrons. The molecule has 0 aromatic carbocycles. The molecule has 2 heterocycles. The maximum absolute atomic E-state index is 6.08. The molecule has 1 aromatic rings. The van der Waals surface area contributed by atoms with E-state index in [0.29, 0.717) is 17.5 Å². The van der Waals surface area contributed by atoms with Crippen LogP contribution >= 0.6 is 11.6 Å². The molecule has 2 rings (SSSR count). The van der Waals surface area contributed by atoms with Gasteiger partial charge in [0.05, 0.1) is 6.61 Å². The summed E-state index contributed by atoms with van der Waals surface area (Å²) in [5, 5.41) is 0.537. The minimum absolute atomic E-state index is 0.537. The molecule has 1 aliphatic rings. The number of ether oxygens (including phenoxy) is 1. The molecule has 16 heavy (non-hydrogen) atoms. The number of aromatic nitrogens is 1. The lowest BCUT2D eigenvalue weighted by atomic mass is 10.2. The molecule has 0 fully saturated rings. The highest BCUT2D eigenvalue weighted by atomic mass is 35.5. The summed E-state index contributed by atoms with van der Waals surface area (Å²) in [5.41, 5.74) is 5.00. The van der Waals surface area contributed by atoms with E-state index in [1.54, 1.807) is 0 Å². The normalized spacial score (nSPS) is 13.8. The van der Waals surface area contributed by atoms with E-state index < -0.39 is 8.07 Å². The largest absolute Gasteiger partial charge is 0.493 e. The molecule has 0 N–H and O–H groups in total. The number of nitrogens with zero attached hydrogens (tertiary/aromatic N) is 1. The van der Waals surface area contributed by atoms with Crippen molar-refractivity contribution in [3.63, 3.8) is 0 Å². The molecule has 0 saturated carbocycles. The van der Waals surface area contributed by atoms with Crippen molar-refractivity contribution in [3.05, 3.63) is 22.5 Å². The Labute approximate surface area is 102 Å². The van der Waals surface area contributed by atoms with Crippen LogP contribution in [-0.2, 0) is 6.42 Å². The van der Waals surface area contributed by atoms with Crippen LogP contribution < -0.4 is 4.74 Å². The van der Waals surface area contributed by atoms with Gasteiger partial charge in [0, 0.05) is 18.1 Å². The summed E-state index contributed by atoms with van der Waals surface area (Å²) in [6.45, 7) is 7.30. The quantitative estimate of drug-likeness (QED) is 0.402. The van der Waals surface area contributed by atoms with Gasteiger partial charge in [-0.05, 0) is 0 Å². The molecule has 4 heteroatoms. The summed E-state index contributed by atoms with van der Waals surface area (Å²) in [5.74, 6) is 3.94. The Hall–Kier alpha value is -0.983. The Morgan fingerprint density at radius 2 is 2.19 bits per heavy atom. The molecule has 2 nitrogen and oxygen atoms in total. The van der Waals surface area contributed by atoms with Crippen molar-refractivity contribution in [1.82, 2.24) is 4.98 Å². The van der Waals surface area contributed by atoms with E-state index in [2.05, 4.69) is 36.1 Å². The lowest BCUT2D eigenvalue weighted by Crippen LogP contribution is -2.16. The molecule has 0 unspecified atom stereocenters. The van der Waals surface area contributed by atoms with Crippen LogP contribution in [0.1, 0.15) is 11.3 Å².